The number of nitrogens with zero attached hydrogens (tertiary/aromatic N) is 3. The minimum atomic E-state index is -0.139. The molecule has 2 aromatic heterocycles. The van der Waals surface area contributed by atoms with Gasteiger partial charge in [-0.05, 0) is 38.5 Å². The summed E-state index contributed by atoms with van der Waals surface area (Å²) in [5.41, 5.74) is 2.67. The van der Waals surface area contributed by atoms with Crippen molar-refractivity contribution in [2.24, 2.45) is 0 Å². The average molecular weight is 299 g/mol. The van der Waals surface area contributed by atoms with Crippen LogP contribution in [0.3, 0.4) is 0 Å². The molecule has 1 unspecified atom stereocenters. The lowest BCUT2D eigenvalue weighted by Crippen LogP contribution is -2.32. The third kappa shape index (κ3) is 4.51. The van der Waals surface area contributed by atoms with Gasteiger partial charge in [0.05, 0.1) is 18.3 Å². The smallest absolute Gasteiger partial charge is 0.239 e. The molecule has 116 valence electrons. The van der Waals surface area contributed by atoms with Crippen molar-refractivity contribution < 1.29 is 4.79 Å². The molecule has 1 amide bonds. The van der Waals surface area contributed by atoms with Crippen molar-refractivity contribution in [1.82, 2.24) is 20.3 Å². The van der Waals surface area contributed by atoms with Crippen molar-refractivity contribution in [2.45, 2.75) is 33.2 Å². The van der Waals surface area contributed by atoms with Gasteiger partial charge in [0.15, 0.2) is 0 Å². The monoisotopic (exact) mass is 299 g/mol. The molecule has 2 heterocycles. The average Bonchev–Trinajstić information content (AvgIpc) is 2.53. The Morgan fingerprint density at radius 1 is 1.32 bits per heavy atom. The molecule has 0 aliphatic carbocycles. The quantitative estimate of drug-likeness (QED) is 0.853. The van der Waals surface area contributed by atoms with Crippen molar-refractivity contribution in [2.75, 3.05) is 11.9 Å². The van der Waals surface area contributed by atoms with Crippen LogP contribution in [0.15, 0.2) is 30.5 Å². The van der Waals surface area contributed by atoms with E-state index in [1.165, 1.54) is 0 Å². The molecule has 22 heavy (non-hydrogen) atoms. The Bertz CT molecular complexity index is 630. The predicted octanol–water partition coefficient (Wildman–Crippen LogP) is 2.03. The van der Waals surface area contributed by atoms with Gasteiger partial charge in [-0.3, -0.25) is 9.78 Å². The Labute approximate surface area is 130 Å². The van der Waals surface area contributed by atoms with Gasteiger partial charge in [0.25, 0.3) is 0 Å². The van der Waals surface area contributed by atoms with Crippen LogP contribution in [0.1, 0.15) is 37.0 Å². The second-order valence-electron chi connectivity index (χ2n) is 5.08. The van der Waals surface area contributed by atoms with Gasteiger partial charge in [0, 0.05) is 17.6 Å². The highest BCUT2D eigenvalue weighted by atomic mass is 16.2. The zero-order valence-corrected chi connectivity index (χ0v) is 13.1. The van der Waals surface area contributed by atoms with Crippen LogP contribution in [0.2, 0.25) is 0 Å². The number of anilines is 1. The molecule has 6 heteroatoms. The van der Waals surface area contributed by atoms with E-state index in [9.17, 15) is 4.79 Å². The Morgan fingerprint density at radius 3 is 2.82 bits per heavy atom. The third-order valence-corrected chi connectivity index (χ3v) is 3.19. The van der Waals surface area contributed by atoms with E-state index in [4.69, 9.17) is 0 Å². The van der Waals surface area contributed by atoms with Crippen LogP contribution in [-0.4, -0.2) is 27.4 Å². The molecule has 1 atom stereocenters. The fraction of sp³-hybridized carbons (Fsp3) is 0.375. The SMILES string of the molecule is CCc1cc(C)nc(NCC(=O)NC(C)c2ccccn2)n1. The number of amides is 1. The molecule has 0 aromatic carbocycles. The summed E-state index contributed by atoms with van der Waals surface area (Å²) >= 11 is 0. The van der Waals surface area contributed by atoms with Gasteiger partial charge in [-0.1, -0.05) is 13.0 Å². The van der Waals surface area contributed by atoms with E-state index in [0.717, 1.165) is 23.5 Å². The highest BCUT2D eigenvalue weighted by Crippen LogP contribution is 2.08. The number of hydrogen-bond acceptors (Lipinski definition) is 5. The van der Waals surface area contributed by atoms with Crippen molar-refractivity contribution in [1.29, 1.82) is 0 Å². The molecule has 2 aromatic rings. The summed E-state index contributed by atoms with van der Waals surface area (Å²) in [5.74, 6) is 0.360. The van der Waals surface area contributed by atoms with Crippen LogP contribution in [0.4, 0.5) is 5.95 Å². The van der Waals surface area contributed by atoms with Crippen LogP contribution < -0.4 is 10.6 Å². The molecule has 0 radical (unpaired) electrons. The van der Waals surface area contributed by atoms with Crippen LogP contribution >= 0.6 is 0 Å². The molecule has 6 nitrogen and oxygen atoms in total. The summed E-state index contributed by atoms with van der Waals surface area (Å²) in [6.45, 7) is 5.98. The number of aryl methyl sites for hydroxylation is 2. The third-order valence-electron chi connectivity index (χ3n) is 3.19. The van der Waals surface area contributed by atoms with Crippen LogP contribution in [0, 0.1) is 6.92 Å². The Hall–Kier alpha value is -2.50. The molecular weight excluding hydrogens is 278 g/mol. The molecule has 0 saturated carbocycles. The van der Waals surface area contributed by atoms with Gasteiger partial charge in [-0.2, -0.15) is 0 Å². The summed E-state index contributed by atoms with van der Waals surface area (Å²) < 4.78 is 0. The molecule has 0 bridgehead atoms. The maximum absolute atomic E-state index is 12.0. The number of carbonyl (C=O) groups excluding carboxylic acids is 1. The van der Waals surface area contributed by atoms with Crippen molar-refractivity contribution in [3.63, 3.8) is 0 Å². The Balaban J connectivity index is 1.89. The standard InChI is InChI=1S/C16H21N5O/c1-4-13-9-11(2)19-16(21-13)18-10-15(22)20-12(3)14-7-5-6-8-17-14/h5-9,12H,4,10H2,1-3H3,(H,20,22)(H,18,19,21). The first-order valence-corrected chi connectivity index (χ1v) is 7.37. The molecule has 2 rings (SSSR count). The molecule has 0 fully saturated rings. The van der Waals surface area contributed by atoms with Crippen molar-refractivity contribution in [3.05, 3.63) is 47.5 Å². The van der Waals surface area contributed by atoms with Crippen LogP contribution in [0.25, 0.3) is 0 Å². The number of aromatic nitrogens is 3. The topological polar surface area (TPSA) is 79.8 Å². The summed E-state index contributed by atoms with van der Waals surface area (Å²) in [7, 11) is 0. The summed E-state index contributed by atoms with van der Waals surface area (Å²) in [4.78, 5) is 24.8. The summed E-state index contributed by atoms with van der Waals surface area (Å²) in [6.07, 6.45) is 2.55. The number of rotatable bonds is 6. The normalized spacial score (nSPS) is 11.8. The van der Waals surface area contributed by atoms with Gasteiger partial charge < -0.3 is 10.6 Å². The van der Waals surface area contributed by atoms with Gasteiger partial charge >= 0.3 is 0 Å². The zero-order chi connectivity index (χ0) is 15.9. The van der Waals surface area contributed by atoms with Crippen molar-refractivity contribution >= 4 is 11.9 Å². The highest BCUT2D eigenvalue weighted by Gasteiger charge is 2.10. The molecule has 0 saturated heterocycles. The van der Waals surface area contributed by atoms with Crippen molar-refractivity contribution in [3.8, 4) is 0 Å². The maximum Gasteiger partial charge on any atom is 0.239 e. The van der Waals surface area contributed by atoms with Gasteiger partial charge in [0.2, 0.25) is 11.9 Å². The second kappa shape index (κ2) is 7.49. The van der Waals surface area contributed by atoms with Crippen LogP contribution in [0.5, 0.6) is 0 Å². The van der Waals surface area contributed by atoms with Crippen LogP contribution in [-0.2, 0) is 11.2 Å². The fourth-order valence-electron chi connectivity index (χ4n) is 2.05. The van der Waals surface area contributed by atoms with E-state index >= 15 is 0 Å². The molecule has 2 N–H and O–H groups in total. The maximum atomic E-state index is 12.0. The number of nitrogens with one attached hydrogen (secondary N) is 2. The fourth-order valence-corrected chi connectivity index (χ4v) is 2.05. The second-order valence-corrected chi connectivity index (χ2v) is 5.08. The summed E-state index contributed by atoms with van der Waals surface area (Å²) in [6, 6.07) is 7.43. The van der Waals surface area contributed by atoms with E-state index in [0.29, 0.717) is 5.95 Å². The highest BCUT2D eigenvalue weighted by molar-refractivity contribution is 5.80. The van der Waals surface area contributed by atoms with E-state index in [1.807, 2.05) is 45.0 Å². The zero-order valence-electron chi connectivity index (χ0n) is 13.1. The van der Waals surface area contributed by atoms with Gasteiger partial charge in [0.1, 0.15) is 0 Å². The first kappa shape index (κ1) is 15.9. The van der Waals surface area contributed by atoms with E-state index in [-0.39, 0.29) is 18.5 Å². The number of hydrogen-bond donors (Lipinski definition) is 2. The van der Waals surface area contributed by atoms with E-state index < -0.39 is 0 Å². The molecule has 0 spiro atoms. The molecule has 0 aliphatic rings. The van der Waals surface area contributed by atoms with E-state index in [2.05, 4.69) is 25.6 Å². The number of pyridine rings is 1. The summed E-state index contributed by atoms with van der Waals surface area (Å²) in [5, 5.41) is 5.85. The first-order valence-electron chi connectivity index (χ1n) is 7.37. The Kier molecular flexibility index (Phi) is 5.41. The first-order chi connectivity index (χ1) is 10.6. The lowest BCUT2D eigenvalue weighted by Gasteiger charge is -2.13. The predicted molar refractivity (Wildman–Crippen MR) is 85.4 cm³/mol. The van der Waals surface area contributed by atoms with E-state index in [1.54, 1.807) is 6.20 Å². The molecule has 0 aliphatic heterocycles. The minimum Gasteiger partial charge on any atom is -0.346 e. The number of carbonyl (C=O) groups is 1. The largest absolute Gasteiger partial charge is 0.346 e. The van der Waals surface area contributed by atoms with Gasteiger partial charge in [-0.15, -0.1) is 0 Å². The lowest BCUT2D eigenvalue weighted by molar-refractivity contribution is -0.120. The minimum absolute atomic E-state index is 0.124. The van der Waals surface area contributed by atoms with Gasteiger partial charge in [-0.25, -0.2) is 9.97 Å². The Morgan fingerprint density at radius 2 is 2.14 bits per heavy atom. The lowest BCUT2D eigenvalue weighted by atomic mass is 10.2. The molecular formula is C16H21N5O.